The number of ether oxygens (including phenoxy) is 3. The number of aliphatic hydroxyl groups excluding tert-OH is 4. The number of fused-ring (bicyclic) bond motifs is 3. The van der Waals surface area contributed by atoms with Crippen molar-refractivity contribution < 1.29 is 39.7 Å². The van der Waals surface area contributed by atoms with Crippen LogP contribution in [0.25, 0.3) is 10.8 Å². The highest BCUT2D eigenvalue weighted by Crippen LogP contribution is 2.50. The van der Waals surface area contributed by atoms with Gasteiger partial charge in [0.05, 0.1) is 6.61 Å². The van der Waals surface area contributed by atoms with Crippen LogP contribution in [0.15, 0.2) is 24.3 Å². The highest BCUT2D eigenvalue weighted by molar-refractivity contribution is 5.97. The molecule has 158 valence electrons. The Bertz CT molecular complexity index is 909. The van der Waals surface area contributed by atoms with Crippen LogP contribution in [0, 0.1) is 0 Å². The zero-order chi connectivity index (χ0) is 20.9. The van der Waals surface area contributed by atoms with Gasteiger partial charge in [0, 0.05) is 16.3 Å². The van der Waals surface area contributed by atoms with Crippen LogP contribution in [-0.4, -0.2) is 68.4 Å². The van der Waals surface area contributed by atoms with Crippen LogP contribution in [0.1, 0.15) is 25.8 Å². The van der Waals surface area contributed by atoms with E-state index in [-0.39, 0.29) is 11.5 Å². The smallest absolute Gasteiger partial charge is 0.229 e. The van der Waals surface area contributed by atoms with Crippen LogP contribution in [-0.2, 0) is 11.2 Å². The molecule has 0 spiro atoms. The zero-order valence-electron chi connectivity index (χ0n) is 16.3. The minimum absolute atomic E-state index is 0.0959. The Labute approximate surface area is 167 Å². The van der Waals surface area contributed by atoms with Crippen molar-refractivity contribution >= 4 is 10.8 Å². The molecule has 0 radical (unpaired) electrons. The molecule has 8 nitrogen and oxygen atoms in total. The average Bonchev–Trinajstić information content (AvgIpc) is 2.70. The predicted molar refractivity (Wildman–Crippen MR) is 103 cm³/mol. The Morgan fingerprint density at radius 1 is 1.07 bits per heavy atom. The summed E-state index contributed by atoms with van der Waals surface area (Å²) in [5.41, 5.74) is 0.241. The third-order valence-electron chi connectivity index (χ3n) is 5.63. The Morgan fingerprint density at radius 3 is 2.45 bits per heavy atom. The maximum absolute atomic E-state index is 10.9. The lowest BCUT2D eigenvalue weighted by molar-refractivity contribution is -0.277. The van der Waals surface area contributed by atoms with Gasteiger partial charge in [0.1, 0.15) is 35.8 Å². The molecule has 5 N–H and O–H groups in total. The summed E-state index contributed by atoms with van der Waals surface area (Å²) >= 11 is 0. The van der Waals surface area contributed by atoms with Crippen molar-refractivity contribution in [1.29, 1.82) is 0 Å². The van der Waals surface area contributed by atoms with E-state index in [1.54, 1.807) is 12.1 Å². The summed E-state index contributed by atoms with van der Waals surface area (Å²) in [6, 6.07) is 7.22. The third-order valence-corrected chi connectivity index (χ3v) is 5.63. The van der Waals surface area contributed by atoms with Gasteiger partial charge in [0.2, 0.25) is 6.29 Å². The second kappa shape index (κ2) is 7.30. The van der Waals surface area contributed by atoms with Crippen molar-refractivity contribution in [3.8, 4) is 17.2 Å². The second-order valence-corrected chi connectivity index (χ2v) is 8.21. The number of phenolic OH excluding ortho intramolecular Hbond substituents is 1. The van der Waals surface area contributed by atoms with Crippen LogP contribution in [0.2, 0.25) is 0 Å². The van der Waals surface area contributed by atoms with Gasteiger partial charge in [-0.2, -0.15) is 0 Å². The summed E-state index contributed by atoms with van der Waals surface area (Å²) in [6.45, 7) is 3.40. The van der Waals surface area contributed by atoms with Gasteiger partial charge in [-0.05, 0) is 26.7 Å². The van der Waals surface area contributed by atoms with Crippen LogP contribution in [0.5, 0.6) is 17.2 Å². The first-order valence-electron chi connectivity index (χ1n) is 9.66. The molecule has 1 fully saturated rings. The number of benzene rings is 2. The monoisotopic (exact) mass is 406 g/mol. The van der Waals surface area contributed by atoms with Crippen LogP contribution >= 0.6 is 0 Å². The van der Waals surface area contributed by atoms with E-state index < -0.39 is 42.9 Å². The molecule has 0 aliphatic carbocycles. The number of rotatable bonds is 3. The summed E-state index contributed by atoms with van der Waals surface area (Å²) in [5.74, 6) is 0.562. The van der Waals surface area contributed by atoms with Crippen LogP contribution in [0.3, 0.4) is 0 Å². The molecule has 2 heterocycles. The molecule has 1 saturated heterocycles. The fourth-order valence-electron chi connectivity index (χ4n) is 3.92. The first-order chi connectivity index (χ1) is 13.7. The van der Waals surface area contributed by atoms with Crippen LogP contribution in [0.4, 0.5) is 0 Å². The molecule has 2 aromatic rings. The molecular weight excluding hydrogens is 380 g/mol. The predicted octanol–water partition coefficient (Wildman–Crippen LogP) is 0.828. The van der Waals surface area contributed by atoms with Gasteiger partial charge in [-0.15, -0.1) is 0 Å². The summed E-state index contributed by atoms with van der Waals surface area (Å²) in [4.78, 5) is 0. The van der Waals surface area contributed by atoms with Crippen molar-refractivity contribution in [1.82, 2.24) is 0 Å². The molecule has 8 heteroatoms. The number of aromatic hydroxyl groups is 1. The summed E-state index contributed by atoms with van der Waals surface area (Å²) in [5, 5.41) is 51.9. The lowest BCUT2D eigenvalue weighted by Gasteiger charge is -2.40. The Morgan fingerprint density at radius 2 is 1.76 bits per heavy atom. The van der Waals surface area contributed by atoms with E-state index in [4.69, 9.17) is 14.2 Å². The van der Waals surface area contributed by atoms with Gasteiger partial charge in [-0.3, -0.25) is 0 Å². The van der Waals surface area contributed by atoms with Crippen LogP contribution < -0.4 is 9.47 Å². The minimum Gasteiger partial charge on any atom is -0.504 e. The Kier molecular flexibility index (Phi) is 5.08. The molecule has 29 heavy (non-hydrogen) atoms. The van der Waals surface area contributed by atoms with Crippen molar-refractivity contribution in [3.63, 3.8) is 0 Å². The maximum atomic E-state index is 10.9. The van der Waals surface area contributed by atoms with Gasteiger partial charge in [-0.1, -0.05) is 24.3 Å². The largest absolute Gasteiger partial charge is 0.504 e. The summed E-state index contributed by atoms with van der Waals surface area (Å²) in [7, 11) is 0. The normalized spacial score (nSPS) is 31.2. The van der Waals surface area contributed by atoms with E-state index in [1.165, 1.54) is 0 Å². The highest BCUT2D eigenvalue weighted by Gasteiger charge is 2.45. The molecule has 2 aliphatic rings. The first kappa shape index (κ1) is 20.2. The van der Waals surface area contributed by atoms with E-state index >= 15 is 0 Å². The molecule has 2 aliphatic heterocycles. The van der Waals surface area contributed by atoms with Crippen molar-refractivity contribution in [3.05, 3.63) is 29.8 Å². The van der Waals surface area contributed by atoms with E-state index in [0.29, 0.717) is 29.5 Å². The molecule has 5 atom stereocenters. The highest BCUT2D eigenvalue weighted by atomic mass is 16.7. The molecule has 5 unspecified atom stereocenters. The number of hydrogen-bond donors (Lipinski definition) is 5. The standard InChI is InChI=1S/C21H26O8/c1-21(2)8-7-12-18(29-21)11-6-4-3-5-10(11)14(23)19(12)28-20-17(26)16(25)15(24)13(9-22)27-20/h3-6,13,15-17,20,22-26H,7-9H2,1-2H3. The number of aliphatic hydroxyl groups is 4. The van der Waals surface area contributed by atoms with Gasteiger partial charge < -0.3 is 39.7 Å². The average molecular weight is 406 g/mol. The van der Waals surface area contributed by atoms with Crippen molar-refractivity contribution in [2.24, 2.45) is 0 Å². The van der Waals surface area contributed by atoms with E-state index in [9.17, 15) is 25.5 Å². The minimum atomic E-state index is -1.57. The second-order valence-electron chi connectivity index (χ2n) is 8.21. The third kappa shape index (κ3) is 3.41. The lowest BCUT2D eigenvalue weighted by Crippen LogP contribution is -2.60. The fraction of sp³-hybridized carbons (Fsp3) is 0.524. The van der Waals surface area contributed by atoms with E-state index in [0.717, 1.165) is 5.39 Å². The Hall–Kier alpha value is -2.10. The van der Waals surface area contributed by atoms with E-state index in [2.05, 4.69) is 0 Å². The molecule has 0 saturated carbocycles. The quantitative estimate of drug-likeness (QED) is 0.507. The van der Waals surface area contributed by atoms with Crippen molar-refractivity contribution in [2.75, 3.05) is 6.61 Å². The lowest BCUT2D eigenvalue weighted by atomic mass is 9.91. The Balaban J connectivity index is 1.79. The van der Waals surface area contributed by atoms with Crippen molar-refractivity contribution in [2.45, 2.75) is 63.0 Å². The molecule has 0 aromatic heterocycles. The maximum Gasteiger partial charge on any atom is 0.229 e. The zero-order valence-corrected chi connectivity index (χ0v) is 16.3. The van der Waals surface area contributed by atoms with Gasteiger partial charge in [0.15, 0.2) is 11.5 Å². The number of phenols is 1. The molecule has 4 rings (SSSR count). The molecule has 0 bridgehead atoms. The molecule has 0 amide bonds. The van der Waals surface area contributed by atoms with Gasteiger partial charge >= 0.3 is 0 Å². The van der Waals surface area contributed by atoms with Gasteiger partial charge in [0.25, 0.3) is 0 Å². The SMILES string of the molecule is CC1(C)CCc2c(OC3OC(CO)C(O)C(O)C3O)c(O)c3ccccc3c2O1. The summed E-state index contributed by atoms with van der Waals surface area (Å²) in [6.07, 6.45) is -5.88. The fourth-order valence-corrected chi connectivity index (χ4v) is 3.92. The number of hydrogen-bond acceptors (Lipinski definition) is 8. The first-order valence-corrected chi connectivity index (χ1v) is 9.66. The van der Waals surface area contributed by atoms with Gasteiger partial charge in [-0.25, -0.2) is 0 Å². The topological polar surface area (TPSA) is 129 Å². The molecule has 2 aromatic carbocycles. The summed E-state index contributed by atoms with van der Waals surface area (Å²) < 4.78 is 17.5. The van der Waals surface area contributed by atoms with E-state index in [1.807, 2.05) is 26.0 Å². The molecular formula is C21H26O8.